The maximum atomic E-state index is 3.47. The van der Waals surface area contributed by atoms with Gasteiger partial charge in [0, 0.05) is 3.57 Å². The zero-order valence-electron chi connectivity index (χ0n) is 5.11. The van der Waals surface area contributed by atoms with Crippen molar-refractivity contribution in [2.75, 3.05) is 0 Å². The Morgan fingerprint density at radius 3 is 2.56 bits per heavy atom. The minimum atomic E-state index is 1.18. The van der Waals surface area contributed by atoms with Gasteiger partial charge >= 0.3 is 0 Å². The van der Waals surface area contributed by atoms with E-state index in [1.165, 1.54) is 14.3 Å². The maximum Gasteiger partial charge on any atom is 0.0715 e. The fraction of sp³-hybridized carbons (Fsp3) is 0.143. The van der Waals surface area contributed by atoms with Gasteiger partial charge in [0.2, 0.25) is 0 Å². The largest absolute Gasteiger partial charge is 0.0715 e. The van der Waals surface area contributed by atoms with Crippen LogP contribution in [0.15, 0.2) is 18.2 Å². The first kappa shape index (κ1) is 7.28. The van der Waals surface area contributed by atoms with E-state index >= 15 is 0 Å². The average molecular weight is 245 g/mol. The first-order valence-corrected chi connectivity index (χ1v) is 4.26. The summed E-state index contributed by atoms with van der Waals surface area (Å²) in [6.45, 7) is 2.09. The fourth-order valence-electron chi connectivity index (χ4n) is 0.627. The van der Waals surface area contributed by atoms with Crippen molar-refractivity contribution >= 4 is 38.0 Å². The molecule has 0 aromatic heterocycles. The van der Waals surface area contributed by atoms with Crippen LogP contribution in [-0.2, 0) is 0 Å². The van der Waals surface area contributed by atoms with E-state index in [2.05, 4.69) is 58.0 Å². The molecule has 0 saturated carbocycles. The SMILES string of the molecule is Cc1cc(I)ccc1[Si]. The van der Waals surface area contributed by atoms with E-state index in [4.69, 9.17) is 0 Å². The van der Waals surface area contributed by atoms with Crippen molar-refractivity contribution in [1.29, 1.82) is 0 Å². The minimum absolute atomic E-state index is 1.18. The molecule has 1 rings (SSSR count). The van der Waals surface area contributed by atoms with Crippen LogP contribution < -0.4 is 5.19 Å². The molecule has 1 aromatic carbocycles. The zero-order valence-corrected chi connectivity index (χ0v) is 8.27. The first-order valence-electron chi connectivity index (χ1n) is 2.68. The highest BCUT2D eigenvalue weighted by atomic mass is 127. The average Bonchev–Trinajstić information content (AvgIpc) is 1.80. The molecule has 0 spiro atoms. The summed E-state index contributed by atoms with van der Waals surface area (Å²) in [5.74, 6) is 0. The van der Waals surface area contributed by atoms with Crippen LogP contribution in [-0.4, -0.2) is 10.2 Å². The molecule has 3 radical (unpaired) electrons. The van der Waals surface area contributed by atoms with Gasteiger partial charge in [-0.1, -0.05) is 16.8 Å². The molecule has 0 aliphatic heterocycles. The lowest BCUT2D eigenvalue weighted by Crippen LogP contribution is -2.05. The number of hydrogen-bond donors (Lipinski definition) is 0. The molecular formula is C7H6ISi. The molecule has 0 bridgehead atoms. The first-order chi connectivity index (χ1) is 4.20. The molecule has 0 saturated heterocycles. The van der Waals surface area contributed by atoms with Crippen molar-refractivity contribution in [3.63, 3.8) is 0 Å². The molecule has 0 nitrogen and oxygen atoms in total. The third-order valence-electron chi connectivity index (χ3n) is 1.19. The van der Waals surface area contributed by atoms with Crippen LogP contribution in [0.3, 0.4) is 0 Å². The normalized spacial score (nSPS) is 9.67. The van der Waals surface area contributed by atoms with Crippen molar-refractivity contribution in [1.82, 2.24) is 0 Å². The van der Waals surface area contributed by atoms with Crippen LogP contribution in [0.2, 0.25) is 0 Å². The van der Waals surface area contributed by atoms with Crippen LogP contribution in [0.4, 0.5) is 0 Å². The fourth-order valence-corrected chi connectivity index (χ4v) is 1.43. The summed E-state index contributed by atoms with van der Waals surface area (Å²) >= 11 is 2.30. The van der Waals surface area contributed by atoms with E-state index in [0.29, 0.717) is 0 Å². The molecule has 0 N–H and O–H groups in total. The summed E-state index contributed by atoms with van der Waals surface area (Å²) in [4.78, 5) is 0. The highest BCUT2D eigenvalue weighted by Crippen LogP contribution is 2.03. The van der Waals surface area contributed by atoms with E-state index < -0.39 is 0 Å². The number of rotatable bonds is 0. The standard InChI is InChI=1S/C7H6ISi/c1-5-4-6(8)2-3-7(5)9/h2-4H,1H3. The molecule has 0 amide bonds. The number of benzene rings is 1. The van der Waals surface area contributed by atoms with Gasteiger partial charge in [-0.25, -0.2) is 0 Å². The Kier molecular flexibility index (Phi) is 2.29. The molecule has 0 aliphatic rings. The van der Waals surface area contributed by atoms with E-state index in [-0.39, 0.29) is 0 Å². The lowest BCUT2D eigenvalue weighted by atomic mass is 10.2. The van der Waals surface area contributed by atoms with Gasteiger partial charge in [0.15, 0.2) is 0 Å². The molecular weight excluding hydrogens is 239 g/mol. The summed E-state index contributed by atoms with van der Waals surface area (Å²) in [5.41, 5.74) is 1.29. The van der Waals surface area contributed by atoms with Crippen molar-refractivity contribution < 1.29 is 0 Å². The second kappa shape index (κ2) is 2.83. The van der Waals surface area contributed by atoms with Crippen LogP contribution in [0.1, 0.15) is 5.56 Å². The van der Waals surface area contributed by atoms with Crippen LogP contribution in [0, 0.1) is 10.5 Å². The molecule has 45 valence electrons. The zero-order chi connectivity index (χ0) is 6.85. The Balaban J connectivity index is 3.17. The van der Waals surface area contributed by atoms with Crippen molar-refractivity contribution in [3.8, 4) is 0 Å². The van der Waals surface area contributed by atoms with E-state index in [1.807, 2.05) is 0 Å². The van der Waals surface area contributed by atoms with Gasteiger partial charge in [0.1, 0.15) is 0 Å². The smallest absolute Gasteiger partial charge is 0.0644 e. The minimum Gasteiger partial charge on any atom is -0.0644 e. The molecule has 0 fully saturated rings. The number of hydrogen-bond acceptors (Lipinski definition) is 0. The predicted octanol–water partition coefficient (Wildman–Crippen LogP) is 1.39. The Hall–Kier alpha value is 0.167. The lowest BCUT2D eigenvalue weighted by Gasteiger charge is -1.97. The summed E-state index contributed by atoms with van der Waals surface area (Å²) in [6, 6.07) is 6.28. The van der Waals surface area contributed by atoms with Crippen molar-refractivity contribution in [2.24, 2.45) is 0 Å². The van der Waals surface area contributed by atoms with E-state index in [1.54, 1.807) is 0 Å². The van der Waals surface area contributed by atoms with Gasteiger partial charge in [0.05, 0.1) is 10.2 Å². The van der Waals surface area contributed by atoms with Gasteiger partial charge < -0.3 is 0 Å². The van der Waals surface area contributed by atoms with Crippen molar-refractivity contribution in [3.05, 3.63) is 27.3 Å². The third-order valence-corrected chi connectivity index (χ3v) is 2.42. The quantitative estimate of drug-likeness (QED) is 0.478. The maximum absolute atomic E-state index is 3.47. The van der Waals surface area contributed by atoms with Gasteiger partial charge in [0.25, 0.3) is 0 Å². The molecule has 0 unspecified atom stereocenters. The Bertz CT molecular complexity index is 220. The topological polar surface area (TPSA) is 0 Å². The van der Waals surface area contributed by atoms with Crippen LogP contribution in [0.25, 0.3) is 0 Å². The monoisotopic (exact) mass is 245 g/mol. The second-order valence-corrected chi connectivity index (χ2v) is 3.74. The van der Waals surface area contributed by atoms with Gasteiger partial charge in [-0.2, -0.15) is 0 Å². The summed E-state index contributed by atoms with van der Waals surface area (Å²) in [5, 5.41) is 1.18. The van der Waals surface area contributed by atoms with Gasteiger partial charge in [-0.05, 0) is 41.6 Å². The molecule has 0 aliphatic carbocycles. The lowest BCUT2D eigenvalue weighted by molar-refractivity contribution is 1.49. The summed E-state index contributed by atoms with van der Waals surface area (Å²) in [7, 11) is 3.47. The number of aryl methyl sites for hydroxylation is 1. The van der Waals surface area contributed by atoms with Crippen LogP contribution >= 0.6 is 22.6 Å². The summed E-state index contributed by atoms with van der Waals surface area (Å²) < 4.78 is 1.28. The van der Waals surface area contributed by atoms with E-state index in [9.17, 15) is 0 Å². The molecule has 9 heavy (non-hydrogen) atoms. The van der Waals surface area contributed by atoms with Gasteiger partial charge in [-0.15, -0.1) is 0 Å². The Morgan fingerprint density at radius 1 is 1.44 bits per heavy atom. The predicted molar refractivity (Wildman–Crippen MR) is 49.3 cm³/mol. The van der Waals surface area contributed by atoms with Crippen molar-refractivity contribution in [2.45, 2.75) is 6.92 Å². The van der Waals surface area contributed by atoms with Gasteiger partial charge in [-0.3, -0.25) is 0 Å². The molecule has 0 atom stereocenters. The van der Waals surface area contributed by atoms with E-state index in [0.717, 1.165) is 0 Å². The Morgan fingerprint density at radius 2 is 2.11 bits per heavy atom. The second-order valence-electron chi connectivity index (χ2n) is 1.96. The van der Waals surface area contributed by atoms with Crippen LogP contribution in [0.5, 0.6) is 0 Å². The third kappa shape index (κ3) is 1.79. The molecule has 2 heteroatoms. The Labute approximate surface area is 72.2 Å². The number of halogens is 1. The molecule has 1 aromatic rings. The highest BCUT2D eigenvalue weighted by molar-refractivity contribution is 14.1. The molecule has 0 heterocycles. The summed E-state index contributed by atoms with van der Waals surface area (Å²) in [6.07, 6.45) is 0. The highest BCUT2D eigenvalue weighted by Gasteiger charge is 1.90.